The van der Waals surface area contributed by atoms with Crippen LogP contribution in [0.4, 0.5) is 10.7 Å². The summed E-state index contributed by atoms with van der Waals surface area (Å²) in [6, 6.07) is 7.15. The summed E-state index contributed by atoms with van der Waals surface area (Å²) in [6.45, 7) is 9.75. The fourth-order valence-electron chi connectivity index (χ4n) is 3.82. The Balaban J connectivity index is 1.74. The highest BCUT2D eigenvalue weighted by molar-refractivity contribution is 7.80. The van der Waals surface area contributed by atoms with E-state index in [2.05, 4.69) is 10.2 Å². The highest BCUT2D eigenvalue weighted by Crippen LogP contribution is 2.35. The van der Waals surface area contributed by atoms with E-state index in [0.717, 1.165) is 18.8 Å². The van der Waals surface area contributed by atoms with Gasteiger partial charge in [0.25, 0.3) is 5.91 Å². The van der Waals surface area contributed by atoms with Crippen molar-refractivity contribution in [2.75, 3.05) is 56.6 Å². The molecule has 0 aliphatic carbocycles. The first-order valence-electron chi connectivity index (χ1n) is 10.9. The summed E-state index contributed by atoms with van der Waals surface area (Å²) in [5, 5.41) is 13.7. The number of methoxy groups -OCH3 is 1. The maximum atomic E-state index is 13.0. The summed E-state index contributed by atoms with van der Waals surface area (Å²) in [5.41, 5.74) is 2.00. The van der Waals surface area contributed by atoms with Crippen LogP contribution in [0.3, 0.4) is 0 Å². The largest absolute Gasteiger partial charge is 0.508 e. The highest BCUT2D eigenvalue weighted by atomic mass is 32.1. The molecule has 1 amide bonds. The number of esters is 1. The third-order valence-electron chi connectivity index (χ3n) is 5.78. The molecule has 0 spiro atoms. The number of amides is 1. The number of piperazine rings is 1. The molecule has 0 unspecified atom stereocenters. The predicted molar refractivity (Wildman–Crippen MR) is 136 cm³/mol. The molecule has 178 valence electrons. The lowest BCUT2D eigenvalue weighted by molar-refractivity contribution is 0.0601. The lowest BCUT2D eigenvalue weighted by Crippen LogP contribution is -2.50. The second kappa shape index (κ2) is 10.8. The summed E-state index contributed by atoms with van der Waals surface area (Å²) in [4.78, 5) is 32.0. The summed E-state index contributed by atoms with van der Waals surface area (Å²) < 4.78 is 4.98. The molecule has 1 aromatic carbocycles. The fourth-order valence-corrected chi connectivity index (χ4v) is 5.33. The molecule has 2 aromatic rings. The Labute approximate surface area is 203 Å². The number of thiocarbonyl (C=S) groups is 1. The molecular formula is C23H30N4O4S2. The van der Waals surface area contributed by atoms with Gasteiger partial charge in [-0.25, -0.2) is 4.79 Å². The minimum atomic E-state index is -0.496. The van der Waals surface area contributed by atoms with E-state index in [1.54, 1.807) is 24.0 Å². The molecule has 1 aliphatic rings. The number of phenolic OH excluding ortho intramolecular Hbond substituents is 1. The number of carbonyl (C=O) groups excluding carboxylic acids is 2. The zero-order valence-corrected chi connectivity index (χ0v) is 21.0. The number of hydrogen-bond acceptors (Lipinski definition) is 7. The quantitative estimate of drug-likeness (QED) is 0.470. The maximum Gasteiger partial charge on any atom is 0.341 e. The molecule has 1 aliphatic heterocycles. The Hall–Kier alpha value is -2.85. The number of carbonyl (C=O) groups is 2. The van der Waals surface area contributed by atoms with Gasteiger partial charge in [0.1, 0.15) is 10.8 Å². The number of nitrogens with one attached hydrogen (secondary N) is 1. The van der Waals surface area contributed by atoms with Gasteiger partial charge in [0.15, 0.2) is 5.11 Å². The molecule has 1 fully saturated rings. The van der Waals surface area contributed by atoms with E-state index in [1.807, 2.05) is 30.9 Å². The Kier molecular flexibility index (Phi) is 8.15. The van der Waals surface area contributed by atoms with Crippen molar-refractivity contribution in [3.8, 4) is 5.75 Å². The standard InChI is InChI=1S/C23H30N4O4S2/c1-5-25(6-2)21(29)19-15(3)18(22(30)31-4)20(33-19)24-23(32)27-13-11-26(12-14-27)16-7-9-17(28)10-8-16/h7-10,28H,5-6,11-14H2,1-4H3,(H,24,32). The molecule has 8 nitrogen and oxygen atoms in total. The minimum absolute atomic E-state index is 0.103. The maximum absolute atomic E-state index is 13.0. The molecule has 0 atom stereocenters. The van der Waals surface area contributed by atoms with Crippen LogP contribution in [0.2, 0.25) is 0 Å². The van der Waals surface area contributed by atoms with E-state index in [9.17, 15) is 14.7 Å². The molecule has 0 radical (unpaired) electrons. The summed E-state index contributed by atoms with van der Waals surface area (Å²) in [6.07, 6.45) is 0. The lowest BCUT2D eigenvalue weighted by atomic mass is 10.1. The molecular weight excluding hydrogens is 460 g/mol. The lowest BCUT2D eigenvalue weighted by Gasteiger charge is -2.37. The molecule has 1 saturated heterocycles. The number of ether oxygens (including phenoxy) is 1. The van der Waals surface area contributed by atoms with Crippen LogP contribution < -0.4 is 10.2 Å². The third-order valence-corrected chi connectivity index (χ3v) is 7.34. The van der Waals surface area contributed by atoms with Crippen LogP contribution in [-0.4, -0.2) is 78.3 Å². The molecule has 0 saturated carbocycles. The van der Waals surface area contributed by atoms with E-state index in [4.69, 9.17) is 17.0 Å². The van der Waals surface area contributed by atoms with Crippen LogP contribution in [-0.2, 0) is 4.74 Å². The van der Waals surface area contributed by atoms with Crippen molar-refractivity contribution in [3.05, 3.63) is 40.3 Å². The fraction of sp³-hybridized carbons (Fsp3) is 0.435. The summed E-state index contributed by atoms with van der Waals surface area (Å²) >= 11 is 6.89. The summed E-state index contributed by atoms with van der Waals surface area (Å²) in [5.74, 6) is -0.354. The van der Waals surface area contributed by atoms with Gasteiger partial charge in [-0.2, -0.15) is 0 Å². The second-order valence-corrected chi connectivity index (χ2v) is 9.06. The topological polar surface area (TPSA) is 85.4 Å². The zero-order chi connectivity index (χ0) is 24.1. The molecule has 2 heterocycles. The average Bonchev–Trinajstić information content (AvgIpc) is 3.15. The van der Waals surface area contributed by atoms with Gasteiger partial charge in [-0.1, -0.05) is 0 Å². The number of nitrogens with zero attached hydrogens (tertiary/aromatic N) is 3. The van der Waals surface area contributed by atoms with Crippen molar-refractivity contribution in [3.63, 3.8) is 0 Å². The molecule has 10 heteroatoms. The number of anilines is 2. The van der Waals surface area contributed by atoms with E-state index in [0.29, 0.717) is 52.3 Å². The van der Waals surface area contributed by atoms with Gasteiger partial charge in [-0.15, -0.1) is 11.3 Å². The van der Waals surface area contributed by atoms with Crippen LogP contribution in [0.1, 0.15) is 39.4 Å². The van der Waals surface area contributed by atoms with Gasteiger partial charge in [0.2, 0.25) is 0 Å². The van der Waals surface area contributed by atoms with E-state index >= 15 is 0 Å². The Morgan fingerprint density at radius 1 is 1.15 bits per heavy atom. The van der Waals surface area contributed by atoms with E-state index in [-0.39, 0.29) is 11.7 Å². The molecule has 2 N–H and O–H groups in total. The van der Waals surface area contributed by atoms with Crippen molar-refractivity contribution in [2.24, 2.45) is 0 Å². The van der Waals surface area contributed by atoms with Crippen LogP contribution in [0, 0.1) is 6.92 Å². The van der Waals surface area contributed by atoms with Crippen molar-refractivity contribution >= 4 is 51.2 Å². The van der Waals surface area contributed by atoms with E-state index < -0.39 is 5.97 Å². The monoisotopic (exact) mass is 490 g/mol. The Morgan fingerprint density at radius 2 is 1.76 bits per heavy atom. The van der Waals surface area contributed by atoms with Crippen molar-refractivity contribution in [2.45, 2.75) is 20.8 Å². The number of rotatable bonds is 6. The first kappa shape index (κ1) is 24.8. The number of benzene rings is 1. The van der Waals surface area contributed by atoms with Gasteiger partial charge in [0, 0.05) is 45.0 Å². The van der Waals surface area contributed by atoms with Crippen LogP contribution >= 0.6 is 23.6 Å². The van der Waals surface area contributed by atoms with Gasteiger partial charge in [0.05, 0.1) is 17.6 Å². The molecule has 3 rings (SSSR count). The molecule has 1 aromatic heterocycles. The second-order valence-electron chi connectivity index (χ2n) is 7.65. The predicted octanol–water partition coefficient (Wildman–Crippen LogP) is 3.55. The number of aromatic hydroxyl groups is 1. The van der Waals surface area contributed by atoms with Gasteiger partial charge in [-0.3, -0.25) is 4.79 Å². The zero-order valence-electron chi connectivity index (χ0n) is 19.4. The number of phenols is 1. The van der Waals surface area contributed by atoms with Gasteiger partial charge < -0.3 is 29.9 Å². The van der Waals surface area contributed by atoms with Gasteiger partial charge in [-0.05, 0) is 62.8 Å². The van der Waals surface area contributed by atoms with Crippen LogP contribution in [0.15, 0.2) is 24.3 Å². The van der Waals surface area contributed by atoms with Crippen molar-refractivity contribution < 1.29 is 19.4 Å². The Morgan fingerprint density at radius 3 is 2.30 bits per heavy atom. The van der Waals surface area contributed by atoms with Crippen molar-refractivity contribution in [1.82, 2.24) is 9.80 Å². The van der Waals surface area contributed by atoms with E-state index in [1.165, 1.54) is 18.4 Å². The minimum Gasteiger partial charge on any atom is -0.508 e. The molecule has 0 bridgehead atoms. The molecule has 33 heavy (non-hydrogen) atoms. The average molecular weight is 491 g/mol. The van der Waals surface area contributed by atoms with Crippen LogP contribution in [0.25, 0.3) is 0 Å². The van der Waals surface area contributed by atoms with Crippen molar-refractivity contribution in [1.29, 1.82) is 0 Å². The smallest absolute Gasteiger partial charge is 0.341 e. The SMILES string of the molecule is CCN(CC)C(=O)c1sc(NC(=S)N2CCN(c3ccc(O)cc3)CC2)c(C(=O)OC)c1C. The first-order chi connectivity index (χ1) is 15.8. The number of hydrogen-bond donors (Lipinski definition) is 2. The van der Waals surface area contributed by atoms with Gasteiger partial charge >= 0.3 is 5.97 Å². The number of thiophene rings is 1. The normalized spacial score (nSPS) is 13.6. The van der Waals surface area contributed by atoms with Crippen LogP contribution in [0.5, 0.6) is 5.75 Å². The third kappa shape index (κ3) is 5.39. The highest BCUT2D eigenvalue weighted by Gasteiger charge is 2.28. The Bertz CT molecular complexity index is 1010. The first-order valence-corrected chi connectivity index (χ1v) is 12.1. The summed E-state index contributed by atoms with van der Waals surface area (Å²) in [7, 11) is 1.33.